The molecule has 2 amide bonds. The van der Waals surface area contributed by atoms with Crippen LogP contribution in [0, 0.1) is 0 Å². The molecule has 0 bridgehead atoms. The third-order valence-corrected chi connectivity index (χ3v) is 2.13. The lowest BCUT2D eigenvalue weighted by molar-refractivity contribution is 0.0379. The third kappa shape index (κ3) is 2.09. The maximum atomic E-state index is 10.6. The van der Waals surface area contributed by atoms with Crippen molar-refractivity contribution in [2.75, 3.05) is 26.7 Å². The second kappa shape index (κ2) is 3.28. The zero-order chi connectivity index (χ0) is 9.19. The van der Waals surface area contributed by atoms with Gasteiger partial charge in [0.15, 0.2) is 0 Å². The fraction of sp³-hybridized carbons (Fsp3) is 0.857. The molecule has 1 saturated heterocycles. The number of aliphatic hydroxyl groups is 1. The highest BCUT2D eigenvalue weighted by atomic mass is 16.3. The summed E-state index contributed by atoms with van der Waals surface area (Å²) >= 11 is 0. The van der Waals surface area contributed by atoms with Crippen LogP contribution in [0.1, 0.15) is 6.42 Å². The summed E-state index contributed by atoms with van der Waals surface area (Å²) in [6.45, 7) is 1.63. The van der Waals surface area contributed by atoms with Crippen LogP contribution in [-0.4, -0.2) is 48.3 Å². The molecule has 0 spiro atoms. The zero-order valence-corrected chi connectivity index (χ0v) is 7.21. The van der Waals surface area contributed by atoms with Crippen molar-refractivity contribution in [1.29, 1.82) is 0 Å². The minimum absolute atomic E-state index is 0.301. The van der Waals surface area contributed by atoms with Gasteiger partial charge in [-0.2, -0.15) is 0 Å². The fourth-order valence-corrected chi connectivity index (χ4v) is 1.38. The Hall–Kier alpha value is -0.810. The van der Waals surface area contributed by atoms with Crippen LogP contribution in [0.4, 0.5) is 4.79 Å². The zero-order valence-electron chi connectivity index (χ0n) is 7.21. The molecule has 1 unspecified atom stereocenters. The number of nitrogens with zero attached hydrogens (tertiary/aromatic N) is 1. The van der Waals surface area contributed by atoms with Crippen molar-refractivity contribution in [1.82, 2.24) is 10.2 Å². The van der Waals surface area contributed by atoms with Crippen LogP contribution in [0.15, 0.2) is 0 Å². The van der Waals surface area contributed by atoms with Crippen molar-refractivity contribution in [3.8, 4) is 0 Å². The molecule has 0 radical (unpaired) electrons. The van der Waals surface area contributed by atoms with Crippen molar-refractivity contribution in [3.05, 3.63) is 0 Å². The van der Waals surface area contributed by atoms with E-state index in [4.69, 9.17) is 5.73 Å². The second-order valence-electron chi connectivity index (χ2n) is 3.35. The summed E-state index contributed by atoms with van der Waals surface area (Å²) in [7, 11) is 1.58. The molecule has 1 aliphatic rings. The molecule has 12 heavy (non-hydrogen) atoms. The topological polar surface area (TPSA) is 78.6 Å². The first-order valence-electron chi connectivity index (χ1n) is 3.97. The van der Waals surface area contributed by atoms with Crippen LogP contribution in [0.25, 0.3) is 0 Å². The summed E-state index contributed by atoms with van der Waals surface area (Å²) in [4.78, 5) is 12.0. The second-order valence-corrected chi connectivity index (χ2v) is 3.35. The van der Waals surface area contributed by atoms with E-state index in [1.165, 1.54) is 4.90 Å². The van der Waals surface area contributed by atoms with Gasteiger partial charge >= 0.3 is 6.03 Å². The van der Waals surface area contributed by atoms with Crippen molar-refractivity contribution in [2.24, 2.45) is 5.73 Å². The number of carbonyl (C=O) groups is 1. The van der Waals surface area contributed by atoms with Gasteiger partial charge in [0.2, 0.25) is 0 Å². The number of nitrogens with two attached hydrogens (primary N) is 1. The molecular weight excluding hydrogens is 158 g/mol. The van der Waals surface area contributed by atoms with E-state index in [1.54, 1.807) is 7.05 Å². The quantitative estimate of drug-likeness (QED) is 0.486. The molecule has 4 N–H and O–H groups in total. The van der Waals surface area contributed by atoms with Gasteiger partial charge in [0.25, 0.3) is 0 Å². The Kier molecular flexibility index (Phi) is 2.54. The molecule has 5 nitrogen and oxygen atoms in total. The van der Waals surface area contributed by atoms with Crippen molar-refractivity contribution in [3.63, 3.8) is 0 Å². The number of rotatable bonds is 2. The van der Waals surface area contributed by atoms with Crippen LogP contribution >= 0.6 is 0 Å². The van der Waals surface area contributed by atoms with E-state index in [2.05, 4.69) is 5.32 Å². The molecule has 1 heterocycles. The van der Waals surface area contributed by atoms with Crippen LogP contribution in [0.3, 0.4) is 0 Å². The highest BCUT2D eigenvalue weighted by Crippen LogP contribution is 2.14. The number of urea groups is 1. The Bertz CT molecular complexity index is 177. The Morgan fingerprint density at radius 2 is 2.50 bits per heavy atom. The third-order valence-electron chi connectivity index (χ3n) is 2.13. The SMILES string of the molecule is CN(CC1(O)CCNC1)C(N)=O. The Morgan fingerprint density at radius 3 is 2.92 bits per heavy atom. The fourth-order valence-electron chi connectivity index (χ4n) is 1.38. The first-order chi connectivity index (χ1) is 5.53. The lowest BCUT2D eigenvalue weighted by Crippen LogP contribution is -2.46. The Morgan fingerprint density at radius 1 is 1.83 bits per heavy atom. The molecule has 70 valence electrons. The van der Waals surface area contributed by atoms with Gasteiger partial charge < -0.3 is 21.1 Å². The van der Waals surface area contributed by atoms with E-state index < -0.39 is 11.6 Å². The maximum Gasteiger partial charge on any atom is 0.314 e. The summed E-state index contributed by atoms with van der Waals surface area (Å²) in [5.74, 6) is 0. The molecule has 0 aromatic carbocycles. The van der Waals surface area contributed by atoms with E-state index in [9.17, 15) is 9.90 Å². The van der Waals surface area contributed by atoms with Crippen LogP contribution in [0.5, 0.6) is 0 Å². The molecule has 1 atom stereocenters. The molecule has 0 aromatic rings. The number of nitrogens with one attached hydrogen (secondary N) is 1. The summed E-state index contributed by atoms with van der Waals surface area (Å²) in [5.41, 5.74) is 4.24. The number of carbonyl (C=O) groups excluding carboxylic acids is 1. The van der Waals surface area contributed by atoms with Gasteiger partial charge in [0, 0.05) is 13.6 Å². The Balaban J connectivity index is 2.43. The standard InChI is InChI=1S/C7H15N3O2/c1-10(6(8)11)5-7(12)2-3-9-4-7/h9,12H,2-5H2,1H3,(H2,8,11). The number of hydrogen-bond donors (Lipinski definition) is 3. The van der Waals surface area contributed by atoms with Gasteiger partial charge in [-0.05, 0) is 13.0 Å². The van der Waals surface area contributed by atoms with E-state index >= 15 is 0 Å². The number of β-amino-alcohol motifs (C(OH)–C–C–N with tert-alkyl or cyclic N) is 1. The molecular formula is C7H15N3O2. The normalized spacial score (nSPS) is 28.8. The molecule has 5 heteroatoms. The van der Waals surface area contributed by atoms with E-state index in [0.29, 0.717) is 19.5 Å². The van der Waals surface area contributed by atoms with Gasteiger partial charge in [0.1, 0.15) is 0 Å². The first kappa shape index (κ1) is 9.28. The predicted octanol–water partition coefficient (Wildman–Crippen LogP) is -1.28. The lowest BCUT2D eigenvalue weighted by Gasteiger charge is -2.26. The first-order valence-corrected chi connectivity index (χ1v) is 3.97. The van der Waals surface area contributed by atoms with Crippen molar-refractivity contribution in [2.45, 2.75) is 12.0 Å². The molecule has 1 aliphatic heterocycles. The van der Waals surface area contributed by atoms with Gasteiger partial charge in [-0.25, -0.2) is 4.79 Å². The number of likely N-dealkylation sites (N-methyl/N-ethyl adjacent to an activating group) is 1. The van der Waals surface area contributed by atoms with Crippen molar-refractivity contribution >= 4 is 6.03 Å². The largest absolute Gasteiger partial charge is 0.387 e. The minimum Gasteiger partial charge on any atom is -0.387 e. The predicted molar refractivity (Wildman–Crippen MR) is 44.6 cm³/mol. The molecule has 0 saturated carbocycles. The van der Waals surface area contributed by atoms with Crippen molar-refractivity contribution < 1.29 is 9.90 Å². The number of hydrogen-bond acceptors (Lipinski definition) is 3. The smallest absolute Gasteiger partial charge is 0.314 e. The summed E-state index contributed by atoms with van der Waals surface area (Å²) in [5, 5.41) is 12.8. The average molecular weight is 173 g/mol. The molecule has 1 rings (SSSR count). The van der Waals surface area contributed by atoms with Gasteiger partial charge in [-0.15, -0.1) is 0 Å². The Labute approximate surface area is 71.5 Å². The minimum atomic E-state index is -0.788. The van der Waals surface area contributed by atoms with Crippen LogP contribution in [0.2, 0.25) is 0 Å². The maximum absolute atomic E-state index is 10.6. The summed E-state index contributed by atoms with van der Waals surface area (Å²) in [6, 6.07) is -0.504. The monoisotopic (exact) mass is 173 g/mol. The van der Waals surface area contributed by atoms with E-state index in [1.807, 2.05) is 0 Å². The summed E-state index contributed by atoms with van der Waals surface area (Å²) in [6.07, 6.45) is 0.671. The number of primary amides is 1. The number of amides is 2. The van der Waals surface area contributed by atoms with E-state index in [0.717, 1.165) is 6.54 Å². The highest BCUT2D eigenvalue weighted by molar-refractivity contribution is 5.71. The average Bonchev–Trinajstić information content (AvgIpc) is 2.35. The summed E-state index contributed by atoms with van der Waals surface area (Å²) < 4.78 is 0. The molecule has 0 aliphatic carbocycles. The van der Waals surface area contributed by atoms with Crippen LogP contribution in [-0.2, 0) is 0 Å². The molecule has 0 aromatic heterocycles. The van der Waals surface area contributed by atoms with Gasteiger partial charge in [-0.1, -0.05) is 0 Å². The lowest BCUT2D eigenvalue weighted by atomic mass is 10.0. The van der Waals surface area contributed by atoms with Crippen LogP contribution < -0.4 is 11.1 Å². The van der Waals surface area contributed by atoms with Gasteiger partial charge in [-0.3, -0.25) is 0 Å². The van der Waals surface area contributed by atoms with E-state index in [-0.39, 0.29) is 0 Å². The molecule has 1 fully saturated rings. The van der Waals surface area contributed by atoms with Gasteiger partial charge in [0.05, 0.1) is 12.1 Å². The highest BCUT2D eigenvalue weighted by Gasteiger charge is 2.32.